The molecular formula is C9H14N2O. The maximum atomic E-state index is 5.94. The first kappa shape index (κ1) is 7.80. The van der Waals surface area contributed by atoms with Crippen molar-refractivity contribution >= 4 is 0 Å². The fraction of sp³-hybridized carbons (Fsp3) is 0.667. The number of nitrogens with zero attached hydrogens (tertiary/aromatic N) is 1. The van der Waals surface area contributed by atoms with Gasteiger partial charge in [-0.05, 0) is 26.7 Å². The van der Waals surface area contributed by atoms with Crippen molar-refractivity contribution in [3.63, 3.8) is 0 Å². The van der Waals surface area contributed by atoms with Gasteiger partial charge in [0.2, 0.25) is 0 Å². The molecule has 0 atom stereocenters. The standard InChI is InChI=1S/C9H14N2O/c1-6-7(2)12-8(11-6)5-9(10)3-4-9/h3-5,10H2,1-2H3. The minimum atomic E-state index is 0.00370. The third kappa shape index (κ3) is 1.37. The smallest absolute Gasteiger partial charge is 0.196 e. The summed E-state index contributed by atoms with van der Waals surface area (Å²) in [5.41, 5.74) is 6.92. The van der Waals surface area contributed by atoms with Crippen LogP contribution in [0.2, 0.25) is 0 Å². The molecule has 0 saturated heterocycles. The lowest BCUT2D eigenvalue weighted by atomic mass is 10.2. The van der Waals surface area contributed by atoms with E-state index in [2.05, 4.69) is 4.98 Å². The number of hydrogen-bond donors (Lipinski definition) is 1. The zero-order valence-electron chi connectivity index (χ0n) is 7.55. The van der Waals surface area contributed by atoms with Crippen LogP contribution in [0.3, 0.4) is 0 Å². The molecule has 0 radical (unpaired) electrons. The molecule has 2 rings (SSSR count). The fourth-order valence-corrected chi connectivity index (χ4v) is 1.25. The van der Waals surface area contributed by atoms with Gasteiger partial charge in [-0.3, -0.25) is 0 Å². The molecule has 1 heterocycles. The van der Waals surface area contributed by atoms with Gasteiger partial charge in [-0.1, -0.05) is 0 Å². The maximum absolute atomic E-state index is 5.94. The number of rotatable bonds is 2. The van der Waals surface area contributed by atoms with E-state index in [4.69, 9.17) is 10.2 Å². The summed E-state index contributed by atoms with van der Waals surface area (Å²) < 4.78 is 5.44. The summed E-state index contributed by atoms with van der Waals surface area (Å²) in [6.45, 7) is 3.89. The second-order valence-electron chi connectivity index (χ2n) is 3.79. The summed E-state index contributed by atoms with van der Waals surface area (Å²) in [6, 6.07) is 0. The van der Waals surface area contributed by atoms with Crippen LogP contribution < -0.4 is 5.73 Å². The Morgan fingerprint density at radius 1 is 1.50 bits per heavy atom. The van der Waals surface area contributed by atoms with Gasteiger partial charge in [-0.2, -0.15) is 0 Å². The number of aryl methyl sites for hydroxylation is 2. The quantitative estimate of drug-likeness (QED) is 0.721. The van der Waals surface area contributed by atoms with Crippen LogP contribution in [0.1, 0.15) is 30.2 Å². The highest BCUT2D eigenvalue weighted by Gasteiger charge is 2.39. The summed E-state index contributed by atoms with van der Waals surface area (Å²) in [7, 11) is 0. The number of hydrogen-bond acceptors (Lipinski definition) is 3. The largest absolute Gasteiger partial charge is 0.446 e. The Balaban J connectivity index is 2.13. The van der Waals surface area contributed by atoms with Gasteiger partial charge in [0.1, 0.15) is 5.76 Å². The molecule has 12 heavy (non-hydrogen) atoms. The predicted molar refractivity (Wildman–Crippen MR) is 45.8 cm³/mol. The van der Waals surface area contributed by atoms with Gasteiger partial charge in [-0.15, -0.1) is 0 Å². The summed E-state index contributed by atoms with van der Waals surface area (Å²) >= 11 is 0. The molecule has 1 saturated carbocycles. The van der Waals surface area contributed by atoms with E-state index in [0.717, 1.165) is 36.6 Å². The third-order valence-electron chi connectivity index (χ3n) is 2.47. The molecule has 0 aromatic carbocycles. The Kier molecular flexibility index (Phi) is 1.51. The van der Waals surface area contributed by atoms with Crippen molar-refractivity contribution in [3.05, 3.63) is 17.3 Å². The molecule has 66 valence electrons. The molecule has 0 spiro atoms. The van der Waals surface area contributed by atoms with E-state index in [0.29, 0.717) is 0 Å². The van der Waals surface area contributed by atoms with E-state index in [1.807, 2.05) is 13.8 Å². The molecule has 1 aliphatic rings. The van der Waals surface area contributed by atoms with E-state index in [9.17, 15) is 0 Å². The molecule has 2 N–H and O–H groups in total. The van der Waals surface area contributed by atoms with Gasteiger partial charge in [0.05, 0.1) is 5.69 Å². The van der Waals surface area contributed by atoms with Crippen molar-refractivity contribution in [1.29, 1.82) is 0 Å². The lowest BCUT2D eigenvalue weighted by molar-refractivity contribution is 0.446. The maximum Gasteiger partial charge on any atom is 0.196 e. The van der Waals surface area contributed by atoms with Crippen LogP contribution in [0.5, 0.6) is 0 Å². The van der Waals surface area contributed by atoms with Gasteiger partial charge in [0.15, 0.2) is 5.89 Å². The Morgan fingerprint density at radius 3 is 2.58 bits per heavy atom. The molecule has 0 amide bonds. The molecule has 0 unspecified atom stereocenters. The predicted octanol–water partition coefficient (Wildman–Crippen LogP) is 1.33. The van der Waals surface area contributed by atoms with Gasteiger partial charge in [0, 0.05) is 12.0 Å². The molecule has 0 bridgehead atoms. The molecule has 0 aliphatic heterocycles. The lowest BCUT2D eigenvalue weighted by Gasteiger charge is -2.02. The SMILES string of the molecule is Cc1nc(CC2(N)CC2)oc1C. The average molecular weight is 166 g/mol. The van der Waals surface area contributed by atoms with Crippen LogP contribution in [0.25, 0.3) is 0 Å². The highest BCUT2D eigenvalue weighted by atomic mass is 16.4. The monoisotopic (exact) mass is 166 g/mol. The number of aromatic nitrogens is 1. The fourth-order valence-electron chi connectivity index (χ4n) is 1.25. The van der Waals surface area contributed by atoms with Gasteiger partial charge in [0.25, 0.3) is 0 Å². The van der Waals surface area contributed by atoms with Gasteiger partial charge in [-0.25, -0.2) is 4.98 Å². The van der Waals surface area contributed by atoms with Crippen molar-refractivity contribution < 1.29 is 4.42 Å². The third-order valence-corrected chi connectivity index (χ3v) is 2.47. The summed E-state index contributed by atoms with van der Waals surface area (Å²) in [4.78, 5) is 4.29. The van der Waals surface area contributed by atoms with Crippen LogP contribution >= 0.6 is 0 Å². The number of nitrogens with two attached hydrogens (primary N) is 1. The minimum absolute atomic E-state index is 0.00370. The highest BCUT2D eigenvalue weighted by Crippen LogP contribution is 2.35. The first-order chi connectivity index (χ1) is 5.59. The molecule has 1 aliphatic carbocycles. The van der Waals surface area contributed by atoms with Crippen LogP contribution in [0.4, 0.5) is 0 Å². The summed E-state index contributed by atoms with van der Waals surface area (Å²) in [5, 5.41) is 0. The normalized spacial score (nSPS) is 19.6. The Labute approximate surface area is 72.0 Å². The van der Waals surface area contributed by atoms with Crippen molar-refractivity contribution in [1.82, 2.24) is 4.98 Å². The highest BCUT2D eigenvalue weighted by molar-refractivity contribution is 5.10. The second-order valence-corrected chi connectivity index (χ2v) is 3.79. The minimum Gasteiger partial charge on any atom is -0.446 e. The van der Waals surface area contributed by atoms with Crippen LogP contribution in [-0.4, -0.2) is 10.5 Å². The summed E-state index contributed by atoms with van der Waals surface area (Å²) in [6.07, 6.45) is 3.00. The molecule has 1 aromatic heterocycles. The van der Waals surface area contributed by atoms with Crippen LogP contribution in [0.15, 0.2) is 4.42 Å². The topological polar surface area (TPSA) is 52.0 Å². The molecule has 3 heteroatoms. The van der Waals surface area contributed by atoms with E-state index >= 15 is 0 Å². The average Bonchev–Trinajstić information content (AvgIpc) is 2.59. The lowest BCUT2D eigenvalue weighted by Crippen LogP contribution is -2.24. The molecule has 1 aromatic rings. The van der Waals surface area contributed by atoms with Crippen LogP contribution in [0, 0.1) is 13.8 Å². The zero-order valence-corrected chi connectivity index (χ0v) is 7.55. The van der Waals surface area contributed by atoms with E-state index in [1.165, 1.54) is 0 Å². The number of oxazole rings is 1. The first-order valence-electron chi connectivity index (χ1n) is 4.31. The van der Waals surface area contributed by atoms with Crippen molar-refractivity contribution in [2.75, 3.05) is 0 Å². The van der Waals surface area contributed by atoms with Crippen molar-refractivity contribution in [2.24, 2.45) is 5.73 Å². The molecule has 3 nitrogen and oxygen atoms in total. The van der Waals surface area contributed by atoms with Crippen molar-refractivity contribution in [3.8, 4) is 0 Å². The van der Waals surface area contributed by atoms with E-state index < -0.39 is 0 Å². The summed E-state index contributed by atoms with van der Waals surface area (Å²) in [5.74, 6) is 1.71. The zero-order chi connectivity index (χ0) is 8.77. The Bertz CT molecular complexity index is 280. The van der Waals surface area contributed by atoms with Crippen LogP contribution in [-0.2, 0) is 6.42 Å². The van der Waals surface area contributed by atoms with Crippen molar-refractivity contribution in [2.45, 2.75) is 38.6 Å². The molecule has 1 fully saturated rings. The molecular weight excluding hydrogens is 152 g/mol. The Morgan fingerprint density at radius 2 is 2.17 bits per heavy atom. The van der Waals surface area contributed by atoms with Gasteiger partial charge < -0.3 is 10.2 Å². The Hall–Kier alpha value is -0.830. The van der Waals surface area contributed by atoms with E-state index in [1.54, 1.807) is 0 Å². The van der Waals surface area contributed by atoms with E-state index in [-0.39, 0.29) is 5.54 Å². The van der Waals surface area contributed by atoms with Gasteiger partial charge >= 0.3 is 0 Å². The second kappa shape index (κ2) is 2.33. The first-order valence-corrected chi connectivity index (χ1v) is 4.31.